The van der Waals surface area contributed by atoms with Crippen LogP contribution in [0.15, 0.2) is 54.7 Å². The standard InChI is InChI=1S/C17H13ClFNO/c18-10-12-7-14(19)9-15(8-12)21-11-13-5-6-20-17-4-2-1-3-16(13)17/h1-9H,10-11H2. The Kier molecular flexibility index (Phi) is 4.02. The highest BCUT2D eigenvalue weighted by Crippen LogP contribution is 2.21. The molecule has 0 aliphatic carbocycles. The summed E-state index contributed by atoms with van der Waals surface area (Å²) >= 11 is 5.74. The normalized spacial score (nSPS) is 10.8. The Morgan fingerprint density at radius 1 is 1.10 bits per heavy atom. The van der Waals surface area contributed by atoms with E-state index in [0.29, 0.717) is 17.9 Å². The minimum absolute atomic E-state index is 0.256. The molecule has 3 rings (SSSR count). The maximum Gasteiger partial charge on any atom is 0.127 e. The number of ether oxygens (including phenoxy) is 1. The maximum atomic E-state index is 13.4. The lowest BCUT2D eigenvalue weighted by Gasteiger charge is -2.10. The Bertz CT molecular complexity index is 770. The van der Waals surface area contributed by atoms with Crippen molar-refractivity contribution in [1.29, 1.82) is 0 Å². The van der Waals surface area contributed by atoms with E-state index in [1.165, 1.54) is 12.1 Å². The Morgan fingerprint density at radius 3 is 2.81 bits per heavy atom. The van der Waals surface area contributed by atoms with Crippen LogP contribution >= 0.6 is 11.6 Å². The number of hydrogen-bond acceptors (Lipinski definition) is 2. The van der Waals surface area contributed by atoms with Crippen LogP contribution in [0.5, 0.6) is 5.75 Å². The van der Waals surface area contributed by atoms with Crippen molar-refractivity contribution in [2.45, 2.75) is 12.5 Å². The number of benzene rings is 2. The van der Waals surface area contributed by atoms with Gasteiger partial charge in [-0.05, 0) is 29.8 Å². The van der Waals surface area contributed by atoms with Crippen LogP contribution in [-0.2, 0) is 12.5 Å². The third-order valence-corrected chi connectivity index (χ3v) is 3.53. The number of rotatable bonds is 4. The van der Waals surface area contributed by atoms with Crippen molar-refractivity contribution in [3.8, 4) is 5.75 Å². The number of para-hydroxylation sites is 1. The molecule has 1 aromatic heterocycles. The molecule has 4 heteroatoms. The lowest BCUT2D eigenvalue weighted by atomic mass is 10.1. The van der Waals surface area contributed by atoms with E-state index in [9.17, 15) is 4.39 Å². The summed E-state index contributed by atoms with van der Waals surface area (Å²) in [5.41, 5.74) is 2.63. The van der Waals surface area contributed by atoms with Crippen molar-refractivity contribution < 1.29 is 9.13 Å². The number of hydrogen-bond donors (Lipinski definition) is 0. The second-order valence-corrected chi connectivity index (χ2v) is 4.97. The summed E-state index contributed by atoms with van der Waals surface area (Å²) in [5.74, 6) is 0.390. The van der Waals surface area contributed by atoms with Crippen LogP contribution in [0.25, 0.3) is 10.9 Å². The van der Waals surface area contributed by atoms with Gasteiger partial charge in [-0.1, -0.05) is 18.2 Å². The molecule has 0 fully saturated rings. The van der Waals surface area contributed by atoms with Gasteiger partial charge in [0.05, 0.1) is 5.52 Å². The summed E-state index contributed by atoms with van der Waals surface area (Å²) in [6.45, 7) is 0.355. The van der Waals surface area contributed by atoms with E-state index >= 15 is 0 Å². The van der Waals surface area contributed by atoms with Gasteiger partial charge in [-0.15, -0.1) is 11.6 Å². The first-order chi connectivity index (χ1) is 10.3. The lowest BCUT2D eigenvalue weighted by Crippen LogP contribution is -1.98. The number of nitrogens with zero attached hydrogens (tertiary/aromatic N) is 1. The zero-order valence-corrected chi connectivity index (χ0v) is 12.0. The molecule has 2 nitrogen and oxygen atoms in total. The van der Waals surface area contributed by atoms with Crippen LogP contribution < -0.4 is 4.74 Å². The third kappa shape index (κ3) is 3.14. The molecule has 0 radical (unpaired) electrons. The van der Waals surface area contributed by atoms with Gasteiger partial charge >= 0.3 is 0 Å². The Labute approximate surface area is 127 Å². The van der Waals surface area contributed by atoms with Crippen LogP contribution in [0.4, 0.5) is 4.39 Å². The van der Waals surface area contributed by atoms with Gasteiger partial charge in [0, 0.05) is 29.1 Å². The molecule has 21 heavy (non-hydrogen) atoms. The molecule has 0 amide bonds. The van der Waals surface area contributed by atoms with Gasteiger partial charge in [0.25, 0.3) is 0 Å². The van der Waals surface area contributed by atoms with Crippen molar-refractivity contribution in [1.82, 2.24) is 4.98 Å². The van der Waals surface area contributed by atoms with E-state index in [2.05, 4.69) is 4.98 Å². The molecule has 1 heterocycles. The third-order valence-electron chi connectivity index (χ3n) is 3.22. The second kappa shape index (κ2) is 6.10. The Balaban J connectivity index is 1.85. The largest absolute Gasteiger partial charge is 0.489 e. The summed E-state index contributed by atoms with van der Waals surface area (Å²) in [6.07, 6.45) is 1.75. The van der Waals surface area contributed by atoms with E-state index in [0.717, 1.165) is 16.5 Å². The molecule has 0 N–H and O–H groups in total. The average molecular weight is 302 g/mol. The molecular weight excluding hydrogens is 289 g/mol. The summed E-state index contributed by atoms with van der Waals surface area (Å²) < 4.78 is 19.1. The smallest absolute Gasteiger partial charge is 0.127 e. The zero-order valence-electron chi connectivity index (χ0n) is 11.2. The number of fused-ring (bicyclic) bond motifs is 1. The number of halogens is 2. The summed E-state index contributed by atoms with van der Waals surface area (Å²) in [5, 5.41) is 1.04. The van der Waals surface area contributed by atoms with Gasteiger partial charge in [-0.3, -0.25) is 4.98 Å². The molecule has 3 aromatic rings. The summed E-state index contributed by atoms with van der Waals surface area (Å²) in [6, 6.07) is 14.3. The fourth-order valence-corrected chi connectivity index (χ4v) is 2.38. The fourth-order valence-electron chi connectivity index (χ4n) is 2.22. The summed E-state index contributed by atoms with van der Waals surface area (Å²) in [4.78, 5) is 4.31. The molecule has 0 aliphatic heterocycles. The molecular formula is C17H13ClFNO. The molecule has 0 spiro atoms. The molecule has 0 aliphatic rings. The van der Waals surface area contributed by atoms with E-state index in [4.69, 9.17) is 16.3 Å². The van der Waals surface area contributed by atoms with Crippen LogP contribution in [-0.4, -0.2) is 4.98 Å². The number of alkyl halides is 1. The Morgan fingerprint density at radius 2 is 1.95 bits per heavy atom. The highest BCUT2D eigenvalue weighted by atomic mass is 35.5. The predicted octanol–water partition coefficient (Wildman–Crippen LogP) is 4.69. The van der Waals surface area contributed by atoms with Crippen LogP contribution in [0, 0.1) is 5.82 Å². The molecule has 0 unspecified atom stereocenters. The zero-order chi connectivity index (χ0) is 14.7. The van der Waals surface area contributed by atoms with E-state index < -0.39 is 0 Å². The topological polar surface area (TPSA) is 22.1 Å². The van der Waals surface area contributed by atoms with Gasteiger partial charge in [-0.2, -0.15) is 0 Å². The first kappa shape index (κ1) is 13.8. The van der Waals surface area contributed by atoms with Gasteiger partial charge in [0.15, 0.2) is 0 Å². The van der Waals surface area contributed by atoms with Gasteiger partial charge in [0.1, 0.15) is 18.2 Å². The maximum absolute atomic E-state index is 13.4. The number of pyridine rings is 1. The Hall–Kier alpha value is -2.13. The van der Waals surface area contributed by atoms with Crippen molar-refractivity contribution >= 4 is 22.5 Å². The highest BCUT2D eigenvalue weighted by molar-refractivity contribution is 6.17. The van der Waals surface area contributed by atoms with Gasteiger partial charge < -0.3 is 4.74 Å². The predicted molar refractivity (Wildman–Crippen MR) is 82.0 cm³/mol. The number of aromatic nitrogens is 1. The molecule has 0 bridgehead atoms. The van der Waals surface area contributed by atoms with Crippen molar-refractivity contribution in [3.63, 3.8) is 0 Å². The van der Waals surface area contributed by atoms with Crippen LogP contribution in [0.1, 0.15) is 11.1 Å². The van der Waals surface area contributed by atoms with Gasteiger partial charge in [-0.25, -0.2) is 4.39 Å². The van der Waals surface area contributed by atoms with E-state index in [-0.39, 0.29) is 11.7 Å². The van der Waals surface area contributed by atoms with E-state index in [1.807, 2.05) is 30.3 Å². The molecule has 2 aromatic carbocycles. The first-order valence-electron chi connectivity index (χ1n) is 6.57. The summed E-state index contributed by atoms with van der Waals surface area (Å²) in [7, 11) is 0. The van der Waals surface area contributed by atoms with Crippen molar-refractivity contribution in [3.05, 3.63) is 71.7 Å². The lowest BCUT2D eigenvalue weighted by molar-refractivity contribution is 0.305. The van der Waals surface area contributed by atoms with Crippen LogP contribution in [0.3, 0.4) is 0 Å². The SMILES string of the molecule is Fc1cc(CCl)cc(OCc2ccnc3ccccc23)c1. The molecule has 0 atom stereocenters. The highest BCUT2D eigenvalue weighted by Gasteiger charge is 2.05. The monoisotopic (exact) mass is 301 g/mol. The van der Waals surface area contributed by atoms with E-state index in [1.54, 1.807) is 12.3 Å². The van der Waals surface area contributed by atoms with Crippen molar-refractivity contribution in [2.75, 3.05) is 0 Å². The van der Waals surface area contributed by atoms with Crippen molar-refractivity contribution in [2.24, 2.45) is 0 Å². The minimum atomic E-state index is -0.345. The molecule has 0 saturated heterocycles. The second-order valence-electron chi connectivity index (χ2n) is 4.70. The minimum Gasteiger partial charge on any atom is -0.489 e. The molecule has 106 valence electrons. The molecule has 0 saturated carbocycles. The first-order valence-corrected chi connectivity index (χ1v) is 7.10. The van der Waals surface area contributed by atoms with Gasteiger partial charge in [0.2, 0.25) is 0 Å². The average Bonchev–Trinajstić information content (AvgIpc) is 2.52. The fraction of sp³-hybridized carbons (Fsp3) is 0.118. The van der Waals surface area contributed by atoms with Crippen LogP contribution in [0.2, 0.25) is 0 Å². The quantitative estimate of drug-likeness (QED) is 0.652.